The number of benzene rings is 2. The molecule has 3 heteroatoms. The van der Waals surface area contributed by atoms with E-state index in [9.17, 15) is 5.26 Å². The van der Waals surface area contributed by atoms with Gasteiger partial charge in [0, 0.05) is 34.9 Å². The minimum atomic E-state index is -0.104. The summed E-state index contributed by atoms with van der Waals surface area (Å²) in [5, 5.41) is 13.2. The summed E-state index contributed by atoms with van der Waals surface area (Å²) in [6.45, 7) is 8.95. The van der Waals surface area contributed by atoms with E-state index in [-0.39, 0.29) is 16.9 Å². The molecule has 0 saturated carbocycles. The lowest BCUT2D eigenvalue weighted by atomic mass is 9.80. The van der Waals surface area contributed by atoms with E-state index in [1.54, 1.807) is 0 Å². The number of para-hydroxylation sites is 2. The van der Waals surface area contributed by atoms with E-state index in [0.29, 0.717) is 5.57 Å². The van der Waals surface area contributed by atoms with Crippen LogP contribution in [0.3, 0.4) is 0 Å². The monoisotopic (exact) mass is 395 g/mol. The Morgan fingerprint density at radius 3 is 2.37 bits per heavy atom. The van der Waals surface area contributed by atoms with E-state index in [2.05, 4.69) is 99.6 Å². The first-order chi connectivity index (χ1) is 14.3. The van der Waals surface area contributed by atoms with Crippen molar-refractivity contribution in [2.75, 3.05) is 17.3 Å². The number of hydrogen-bond donors (Lipinski definition) is 1. The third kappa shape index (κ3) is 3.13. The van der Waals surface area contributed by atoms with Crippen LogP contribution >= 0.6 is 0 Å². The molecule has 152 valence electrons. The van der Waals surface area contributed by atoms with Crippen LogP contribution in [0.2, 0.25) is 0 Å². The molecule has 0 radical (unpaired) electrons. The molecule has 3 nitrogen and oxygen atoms in total. The van der Waals surface area contributed by atoms with Gasteiger partial charge in [0.2, 0.25) is 0 Å². The van der Waals surface area contributed by atoms with Gasteiger partial charge in [0.1, 0.15) is 0 Å². The molecule has 0 spiro atoms. The molecule has 2 heterocycles. The fourth-order valence-corrected chi connectivity index (χ4v) is 4.82. The Hall–Kier alpha value is -3.25. The van der Waals surface area contributed by atoms with Crippen molar-refractivity contribution in [3.63, 3.8) is 0 Å². The van der Waals surface area contributed by atoms with Crippen molar-refractivity contribution >= 4 is 11.4 Å². The predicted molar refractivity (Wildman–Crippen MR) is 126 cm³/mol. The summed E-state index contributed by atoms with van der Waals surface area (Å²) in [6, 6.07) is 19.5. The highest BCUT2D eigenvalue weighted by atomic mass is 15.2. The summed E-state index contributed by atoms with van der Waals surface area (Å²) in [6.07, 6.45) is 8.08. The highest BCUT2D eigenvalue weighted by Gasteiger charge is 2.41. The minimum absolute atomic E-state index is 0.0164. The summed E-state index contributed by atoms with van der Waals surface area (Å²) in [7, 11) is 2.13. The third-order valence-corrected chi connectivity index (χ3v) is 6.69. The Balaban J connectivity index is 1.59. The highest BCUT2D eigenvalue weighted by Crippen LogP contribution is 2.45. The zero-order chi connectivity index (χ0) is 21.5. The molecule has 0 aliphatic carbocycles. The van der Waals surface area contributed by atoms with Crippen LogP contribution in [0.15, 0.2) is 84.1 Å². The fourth-order valence-electron chi connectivity index (χ4n) is 4.82. The molecular formula is C27H29N3. The number of likely N-dealkylation sites (N-methyl/N-ethyl adjacent to an activating group) is 1. The average molecular weight is 396 g/mol. The fraction of sp³-hybridized carbons (Fsp3) is 0.296. The quantitative estimate of drug-likeness (QED) is 0.506. The zero-order valence-corrected chi connectivity index (χ0v) is 18.4. The third-order valence-electron chi connectivity index (χ3n) is 6.69. The molecule has 0 saturated heterocycles. The molecule has 30 heavy (non-hydrogen) atoms. The molecule has 4 rings (SSSR count). The maximum atomic E-state index is 9.71. The van der Waals surface area contributed by atoms with E-state index in [1.807, 2.05) is 24.3 Å². The second-order valence-corrected chi connectivity index (χ2v) is 9.26. The molecule has 0 amide bonds. The van der Waals surface area contributed by atoms with Gasteiger partial charge in [0.15, 0.2) is 0 Å². The van der Waals surface area contributed by atoms with Gasteiger partial charge in [-0.25, -0.2) is 0 Å². The zero-order valence-electron chi connectivity index (χ0n) is 18.4. The molecule has 0 bridgehead atoms. The first-order valence-corrected chi connectivity index (χ1v) is 10.5. The molecule has 0 aromatic heterocycles. The van der Waals surface area contributed by atoms with Crippen molar-refractivity contribution in [2.24, 2.45) is 0 Å². The maximum Gasteiger partial charge on any atom is 0.0991 e. The lowest BCUT2D eigenvalue weighted by Gasteiger charge is -2.29. The van der Waals surface area contributed by atoms with Crippen LogP contribution in [-0.4, -0.2) is 13.1 Å². The van der Waals surface area contributed by atoms with Crippen molar-refractivity contribution < 1.29 is 0 Å². The number of fused-ring (bicyclic) bond motifs is 2. The van der Waals surface area contributed by atoms with Crippen LogP contribution in [0.4, 0.5) is 11.4 Å². The number of hydrogen-bond acceptors (Lipinski definition) is 3. The molecule has 2 aliphatic heterocycles. The molecular weight excluding hydrogens is 366 g/mol. The normalized spacial score (nSPS) is 22.7. The van der Waals surface area contributed by atoms with E-state index < -0.39 is 0 Å². The van der Waals surface area contributed by atoms with Gasteiger partial charge in [0.05, 0.1) is 17.7 Å². The molecule has 1 unspecified atom stereocenters. The van der Waals surface area contributed by atoms with Gasteiger partial charge < -0.3 is 10.2 Å². The molecule has 1 atom stereocenters. The Labute approximate surface area is 180 Å². The van der Waals surface area contributed by atoms with Crippen LogP contribution in [0, 0.1) is 11.3 Å². The summed E-state index contributed by atoms with van der Waals surface area (Å²) < 4.78 is 0. The highest BCUT2D eigenvalue weighted by molar-refractivity contribution is 5.68. The first-order valence-electron chi connectivity index (χ1n) is 10.5. The Morgan fingerprint density at radius 1 is 1.03 bits per heavy atom. The predicted octanol–water partition coefficient (Wildman–Crippen LogP) is 6.08. The number of nitrogens with one attached hydrogen (secondary N) is 1. The molecule has 2 aromatic carbocycles. The van der Waals surface area contributed by atoms with E-state index in [4.69, 9.17) is 0 Å². The smallest absolute Gasteiger partial charge is 0.0991 e. The Bertz CT molecular complexity index is 1110. The second-order valence-electron chi connectivity index (χ2n) is 9.26. The number of nitrogens with zero attached hydrogens (tertiary/aromatic N) is 2. The van der Waals surface area contributed by atoms with Crippen LogP contribution in [-0.2, 0) is 10.8 Å². The molecule has 1 N–H and O–H groups in total. The van der Waals surface area contributed by atoms with Crippen LogP contribution < -0.4 is 10.2 Å². The van der Waals surface area contributed by atoms with Crippen LogP contribution in [0.25, 0.3) is 0 Å². The number of anilines is 2. The lowest BCUT2D eigenvalue weighted by Crippen LogP contribution is -2.37. The topological polar surface area (TPSA) is 39.1 Å². The van der Waals surface area contributed by atoms with Crippen molar-refractivity contribution in [2.45, 2.75) is 44.6 Å². The average Bonchev–Trinajstić information content (AvgIpc) is 3.10. The number of nitriles is 1. The van der Waals surface area contributed by atoms with Gasteiger partial charge in [-0.05, 0) is 41.5 Å². The number of allylic oxidation sites excluding steroid dienone is 5. The lowest BCUT2D eigenvalue weighted by molar-refractivity contribution is 0.488. The van der Waals surface area contributed by atoms with E-state index >= 15 is 0 Å². The largest absolute Gasteiger partial charge is 0.367 e. The van der Waals surface area contributed by atoms with Gasteiger partial charge in [0.25, 0.3) is 0 Å². The standard InChI is InChI=1S/C27H29N3/c1-26(2)20-10-6-8-12-22(20)29-24(26)16-14-19(18-28)15-17-25-27(3,4)21-11-7-9-13-23(21)30(25)5/h6-17,25,29H,1-5H3/b17-15+,19-14-,24-16-. The SMILES string of the molecule is CN1c2ccccc2C(C)(C)C1/C=C/C(C#N)=C/C=C1\Nc2ccccc2C1(C)C. The summed E-state index contributed by atoms with van der Waals surface area (Å²) in [5.74, 6) is 0. The van der Waals surface area contributed by atoms with Crippen molar-refractivity contribution in [3.8, 4) is 6.07 Å². The van der Waals surface area contributed by atoms with E-state index in [0.717, 1.165) is 11.4 Å². The summed E-state index contributed by atoms with van der Waals surface area (Å²) in [5.41, 5.74) is 6.67. The number of rotatable bonds is 3. The van der Waals surface area contributed by atoms with Gasteiger partial charge in [-0.3, -0.25) is 0 Å². The van der Waals surface area contributed by atoms with Gasteiger partial charge in [-0.1, -0.05) is 70.2 Å². The summed E-state index contributed by atoms with van der Waals surface area (Å²) >= 11 is 0. The Morgan fingerprint density at radius 2 is 1.70 bits per heavy atom. The van der Waals surface area contributed by atoms with Crippen LogP contribution in [0.5, 0.6) is 0 Å². The van der Waals surface area contributed by atoms with Crippen LogP contribution in [0.1, 0.15) is 38.8 Å². The molecule has 2 aromatic rings. The van der Waals surface area contributed by atoms with Gasteiger partial charge in [-0.15, -0.1) is 0 Å². The van der Waals surface area contributed by atoms with Gasteiger partial charge in [-0.2, -0.15) is 5.26 Å². The summed E-state index contributed by atoms with van der Waals surface area (Å²) in [4.78, 5) is 2.30. The van der Waals surface area contributed by atoms with Crippen molar-refractivity contribution in [3.05, 3.63) is 95.2 Å². The van der Waals surface area contributed by atoms with Crippen molar-refractivity contribution in [1.29, 1.82) is 5.26 Å². The van der Waals surface area contributed by atoms with Crippen molar-refractivity contribution in [1.82, 2.24) is 0 Å². The maximum absolute atomic E-state index is 9.71. The molecule has 2 aliphatic rings. The first kappa shape index (κ1) is 20.0. The minimum Gasteiger partial charge on any atom is -0.367 e. The van der Waals surface area contributed by atoms with E-state index in [1.165, 1.54) is 16.8 Å². The molecule has 0 fully saturated rings. The second kappa shape index (κ2) is 7.22. The Kier molecular flexibility index (Phi) is 4.82. The van der Waals surface area contributed by atoms with Gasteiger partial charge >= 0.3 is 0 Å².